The van der Waals surface area contributed by atoms with Crippen molar-refractivity contribution in [1.29, 1.82) is 0 Å². The summed E-state index contributed by atoms with van der Waals surface area (Å²) in [7, 11) is 0. The first kappa shape index (κ1) is 9.80. The number of benzene rings is 1. The topological polar surface area (TPSA) is 49.3 Å². The summed E-state index contributed by atoms with van der Waals surface area (Å²) in [5.41, 5.74) is 1.72. The summed E-state index contributed by atoms with van der Waals surface area (Å²) < 4.78 is 0. The van der Waals surface area contributed by atoms with Crippen LogP contribution < -0.4 is 5.32 Å². The molecule has 5 heteroatoms. The summed E-state index contributed by atoms with van der Waals surface area (Å²) in [6.45, 7) is 0. The quantitative estimate of drug-likeness (QED) is 0.775. The van der Waals surface area contributed by atoms with Crippen molar-refractivity contribution in [3.05, 3.63) is 28.8 Å². The van der Waals surface area contributed by atoms with E-state index in [1.165, 1.54) is 0 Å². The number of halogens is 2. The number of carboxylic acids is 1. The Morgan fingerprint density at radius 3 is 2.93 bits per heavy atom. The molecule has 1 aliphatic rings. The van der Waals surface area contributed by atoms with Crippen LogP contribution >= 0.6 is 27.5 Å². The van der Waals surface area contributed by atoms with Gasteiger partial charge < -0.3 is 10.4 Å². The Hall–Kier alpha value is -0.740. The van der Waals surface area contributed by atoms with E-state index in [4.69, 9.17) is 16.7 Å². The minimum absolute atomic E-state index is 0.228. The molecule has 0 unspecified atom stereocenters. The largest absolute Gasteiger partial charge is 0.480 e. The van der Waals surface area contributed by atoms with E-state index in [1.54, 1.807) is 18.2 Å². The molecule has 0 fully saturated rings. The van der Waals surface area contributed by atoms with Crippen molar-refractivity contribution in [2.24, 2.45) is 0 Å². The minimum Gasteiger partial charge on any atom is -0.480 e. The van der Waals surface area contributed by atoms with Gasteiger partial charge in [0.25, 0.3) is 0 Å². The lowest BCUT2D eigenvalue weighted by Crippen LogP contribution is -2.27. The van der Waals surface area contributed by atoms with Crippen LogP contribution in [0.4, 0.5) is 5.69 Å². The molecule has 0 saturated carbocycles. The van der Waals surface area contributed by atoms with E-state index in [0.29, 0.717) is 5.02 Å². The second-order valence-electron chi connectivity index (χ2n) is 3.09. The van der Waals surface area contributed by atoms with E-state index >= 15 is 0 Å². The molecule has 0 spiro atoms. The Kier molecular flexibility index (Phi) is 2.41. The van der Waals surface area contributed by atoms with E-state index in [1.807, 2.05) is 0 Å². The molecule has 0 bridgehead atoms. The molecular formula is C9H7BrClNO2. The van der Waals surface area contributed by atoms with Crippen LogP contribution in [0.15, 0.2) is 18.2 Å². The van der Waals surface area contributed by atoms with Crippen LogP contribution in [0.2, 0.25) is 5.02 Å². The fraction of sp³-hybridized carbons (Fsp3) is 0.222. The molecule has 0 radical (unpaired) electrons. The highest BCUT2D eigenvalue weighted by molar-refractivity contribution is 9.09. The molecule has 0 aliphatic carbocycles. The maximum absolute atomic E-state index is 10.8. The zero-order chi connectivity index (χ0) is 10.3. The molecule has 14 heavy (non-hydrogen) atoms. The fourth-order valence-electron chi connectivity index (χ4n) is 1.50. The molecule has 1 aromatic carbocycles. The van der Waals surface area contributed by atoms with E-state index in [9.17, 15) is 4.79 Å². The molecule has 74 valence electrons. The third kappa shape index (κ3) is 1.48. The SMILES string of the molecule is O=C(O)[C@@H]1Nc2ccc(Cl)cc2[C@@H]1Br. The Balaban J connectivity index is 2.41. The lowest BCUT2D eigenvalue weighted by atomic mass is 10.1. The number of anilines is 1. The summed E-state index contributed by atoms with van der Waals surface area (Å²) in [6, 6.07) is 4.67. The highest BCUT2D eigenvalue weighted by Crippen LogP contribution is 2.41. The van der Waals surface area contributed by atoms with Gasteiger partial charge in [0.15, 0.2) is 0 Å². The van der Waals surface area contributed by atoms with Gasteiger partial charge in [-0.1, -0.05) is 27.5 Å². The van der Waals surface area contributed by atoms with Crippen molar-refractivity contribution >= 4 is 39.2 Å². The fourth-order valence-corrected chi connectivity index (χ4v) is 2.42. The zero-order valence-corrected chi connectivity index (χ0v) is 9.34. The third-order valence-electron chi connectivity index (χ3n) is 2.18. The van der Waals surface area contributed by atoms with Crippen LogP contribution in [0.1, 0.15) is 10.4 Å². The molecule has 0 saturated heterocycles. The minimum atomic E-state index is -0.876. The smallest absolute Gasteiger partial charge is 0.327 e. The number of nitrogens with one attached hydrogen (secondary N) is 1. The van der Waals surface area contributed by atoms with Crippen molar-refractivity contribution in [2.75, 3.05) is 5.32 Å². The van der Waals surface area contributed by atoms with Crippen molar-refractivity contribution in [1.82, 2.24) is 0 Å². The Labute approximate surface area is 94.2 Å². The number of hydrogen-bond acceptors (Lipinski definition) is 2. The highest BCUT2D eigenvalue weighted by Gasteiger charge is 2.35. The van der Waals surface area contributed by atoms with Gasteiger partial charge in [-0.05, 0) is 23.8 Å². The average Bonchev–Trinajstić information content (AvgIpc) is 2.44. The van der Waals surface area contributed by atoms with Gasteiger partial charge in [0, 0.05) is 10.7 Å². The molecule has 1 aliphatic heterocycles. The summed E-state index contributed by atoms with van der Waals surface area (Å²) in [5.74, 6) is -0.876. The average molecular weight is 277 g/mol. The van der Waals surface area contributed by atoms with Gasteiger partial charge in [-0.15, -0.1) is 0 Å². The summed E-state index contributed by atoms with van der Waals surface area (Å²) in [4.78, 5) is 10.6. The van der Waals surface area contributed by atoms with Gasteiger partial charge in [-0.25, -0.2) is 4.79 Å². The molecule has 0 amide bonds. The number of aliphatic carboxylic acids is 1. The van der Waals surface area contributed by atoms with Gasteiger partial charge in [-0.3, -0.25) is 0 Å². The summed E-state index contributed by atoms with van der Waals surface area (Å²) in [5, 5.41) is 12.4. The van der Waals surface area contributed by atoms with Gasteiger partial charge in [0.2, 0.25) is 0 Å². The van der Waals surface area contributed by atoms with Crippen molar-refractivity contribution in [3.8, 4) is 0 Å². The Morgan fingerprint density at radius 1 is 1.57 bits per heavy atom. The van der Waals surface area contributed by atoms with Crippen LogP contribution in [0.3, 0.4) is 0 Å². The molecule has 2 rings (SSSR count). The van der Waals surface area contributed by atoms with E-state index in [2.05, 4.69) is 21.2 Å². The lowest BCUT2D eigenvalue weighted by Gasteiger charge is -2.08. The molecule has 1 heterocycles. The van der Waals surface area contributed by atoms with Crippen LogP contribution in [0.5, 0.6) is 0 Å². The number of fused-ring (bicyclic) bond motifs is 1. The number of hydrogen-bond donors (Lipinski definition) is 2. The van der Waals surface area contributed by atoms with Crippen LogP contribution in [0, 0.1) is 0 Å². The highest BCUT2D eigenvalue weighted by atomic mass is 79.9. The number of alkyl halides is 1. The number of carboxylic acid groups (broad SMARTS) is 1. The second-order valence-corrected chi connectivity index (χ2v) is 4.52. The second kappa shape index (κ2) is 3.44. The van der Waals surface area contributed by atoms with Crippen molar-refractivity contribution < 1.29 is 9.90 Å². The van der Waals surface area contributed by atoms with Gasteiger partial charge in [0.1, 0.15) is 6.04 Å². The molecule has 2 atom stereocenters. The lowest BCUT2D eigenvalue weighted by molar-refractivity contribution is -0.137. The van der Waals surface area contributed by atoms with E-state index in [0.717, 1.165) is 11.3 Å². The molecule has 2 N–H and O–H groups in total. The number of rotatable bonds is 1. The molecule has 0 aromatic heterocycles. The van der Waals surface area contributed by atoms with Crippen molar-refractivity contribution in [3.63, 3.8) is 0 Å². The Morgan fingerprint density at radius 2 is 2.29 bits per heavy atom. The standard InChI is InChI=1S/C9H7BrClNO2/c10-7-5-3-4(11)1-2-6(5)12-8(7)9(13)14/h1-3,7-8,12H,(H,13,14)/t7-,8+/m0/s1. The van der Waals surface area contributed by atoms with Crippen molar-refractivity contribution in [2.45, 2.75) is 10.9 Å². The summed E-state index contributed by atoms with van der Waals surface area (Å²) >= 11 is 9.16. The monoisotopic (exact) mass is 275 g/mol. The third-order valence-corrected chi connectivity index (χ3v) is 3.44. The molecule has 1 aromatic rings. The first-order chi connectivity index (χ1) is 6.59. The Bertz CT molecular complexity index is 396. The van der Waals surface area contributed by atoms with Crippen LogP contribution in [-0.4, -0.2) is 17.1 Å². The zero-order valence-electron chi connectivity index (χ0n) is 7.00. The maximum Gasteiger partial charge on any atom is 0.327 e. The van der Waals surface area contributed by atoms with E-state index < -0.39 is 12.0 Å². The van der Waals surface area contributed by atoms with Gasteiger partial charge >= 0.3 is 5.97 Å². The van der Waals surface area contributed by atoms with Crippen LogP contribution in [0.25, 0.3) is 0 Å². The number of carbonyl (C=O) groups is 1. The normalized spacial score (nSPS) is 24.1. The first-order valence-corrected chi connectivity index (χ1v) is 5.32. The van der Waals surface area contributed by atoms with Gasteiger partial charge in [-0.2, -0.15) is 0 Å². The molecular weight excluding hydrogens is 269 g/mol. The first-order valence-electron chi connectivity index (χ1n) is 4.02. The predicted octanol–water partition coefficient (Wildman–Crippen LogP) is 2.65. The maximum atomic E-state index is 10.8. The van der Waals surface area contributed by atoms with E-state index in [-0.39, 0.29) is 4.83 Å². The molecule has 3 nitrogen and oxygen atoms in total. The van der Waals surface area contributed by atoms with Gasteiger partial charge in [0.05, 0.1) is 4.83 Å². The summed E-state index contributed by atoms with van der Waals surface area (Å²) in [6.07, 6.45) is 0. The van der Waals surface area contributed by atoms with Crippen LogP contribution in [-0.2, 0) is 4.79 Å². The predicted molar refractivity (Wildman–Crippen MR) is 58.2 cm³/mol.